The number of likely N-dealkylation sites (tertiary alicyclic amines) is 1. The van der Waals surface area contributed by atoms with Crippen molar-refractivity contribution in [2.45, 2.75) is 39.7 Å². The third-order valence-electron chi connectivity index (χ3n) is 6.29. The Labute approximate surface area is 174 Å². The van der Waals surface area contributed by atoms with Crippen LogP contribution in [0.4, 0.5) is 0 Å². The second-order valence-electron chi connectivity index (χ2n) is 8.07. The number of carbonyl (C=O) groups excluding carboxylic acids is 1. The number of ether oxygens (including phenoxy) is 2. The number of rotatable bonds is 6. The van der Waals surface area contributed by atoms with Gasteiger partial charge in [0.25, 0.3) is 0 Å². The fourth-order valence-electron chi connectivity index (χ4n) is 4.71. The molecule has 4 rings (SSSR count). The molecule has 0 saturated carbocycles. The highest BCUT2D eigenvalue weighted by atomic mass is 16.5. The van der Waals surface area contributed by atoms with Crippen LogP contribution < -0.4 is 9.47 Å². The summed E-state index contributed by atoms with van der Waals surface area (Å²) in [6, 6.07) is 14.5. The molecule has 29 heavy (non-hydrogen) atoms. The van der Waals surface area contributed by atoms with Gasteiger partial charge >= 0.3 is 0 Å². The van der Waals surface area contributed by atoms with Crippen molar-refractivity contribution in [2.75, 3.05) is 27.3 Å². The molecule has 4 heteroatoms. The van der Waals surface area contributed by atoms with E-state index in [4.69, 9.17) is 9.47 Å². The van der Waals surface area contributed by atoms with Crippen LogP contribution in [0.2, 0.25) is 0 Å². The molecule has 0 amide bonds. The van der Waals surface area contributed by atoms with Gasteiger partial charge in [0.05, 0.1) is 14.2 Å². The van der Waals surface area contributed by atoms with Gasteiger partial charge in [0.15, 0.2) is 17.3 Å². The lowest BCUT2D eigenvalue weighted by atomic mass is 9.85. The molecule has 1 fully saturated rings. The van der Waals surface area contributed by atoms with Crippen LogP contribution in [0.25, 0.3) is 0 Å². The van der Waals surface area contributed by atoms with Gasteiger partial charge in [-0.15, -0.1) is 0 Å². The van der Waals surface area contributed by atoms with E-state index in [0.29, 0.717) is 17.4 Å². The minimum absolute atomic E-state index is 0. The zero-order valence-corrected chi connectivity index (χ0v) is 16.8. The maximum Gasteiger partial charge on any atom is 0.166 e. The van der Waals surface area contributed by atoms with E-state index < -0.39 is 0 Å². The third-order valence-corrected chi connectivity index (χ3v) is 6.29. The van der Waals surface area contributed by atoms with Gasteiger partial charge < -0.3 is 9.47 Å². The summed E-state index contributed by atoms with van der Waals surface area (Å²) in [5.74, 6) is 2.38. The number of ketones is 1. The number of benzene rings is 2. The number of piperidine rings is 1. The van der Waals surface area contributed by atoms with Crippen molar-refractivity contribution >= 4 is 5.78 Å². The van der Waals surface area contributed by atoms with Crippen LogP contribution in [0, 0.1) is 11.8 Å². The summed E-state index contributed by atoms with van der Waals surface area (Å²) in [6.45, 7) is 3.27. The summed E-state index contributed by atoms with van der Waals surface area (Å²) in [5, 5.41) is 0. The number of Topliss-reactive ketones (excluding diaryl/α,β-unsaturated/α-hetero) is 1. The smallest absolute Gasteiger partial charge is 0.166 e. The highest BCUT2D eigenvalue weighted by Crippen LogP contribution is 2.39. The normalized spacial score (nSPS) is 19.5. The first-order valence-corrected chi connectivity index (χ1v) is 10.2. The monoisotopic (exact) mass is 395 g/mol. The molecule has 156 valence electrons. The molecule has 1 saturated heterocycles. The maximum atomic E-state index is 12.9. The van der Waals surface area contributed by atoms with E-state index in [1.807, 2.05) is 12.1 Å². The molecule has 0 N–H and O–H groups in total. The average Bonchev–Trinajstić information content (AvgIpc) is 3.03. The van der Waals surface area contributed by atoms with E-state index in [0.717, 1.165) is 43.6 Å². The van der Waals surface area contributed by atoms with Crippen molar-refractivity contribution < 1.29 is 14.3 Å². The lowest BCUT2D eigenvalue weighted by molar-refractivity contribution is 0.0895. The zero-order chi connectivity index (χ0) is 19.5. The first kappa shape index (κ1) is 21.4. The number of nitrogens with zero attached hydrogens (tertiary/aromatic N) is 1. The molecular weight excluding hydrogens is 362 g/mol. The van der Waals surface area contributed by atoms with Crippen LogP contribution in [-0.2, 0) is 13.0 Å². The standard InChI is InChI=1S/C24H29NO3.CH4/c1-27-22-14-19-13-20(24(26)21(19)15-23(22)28-2)12-17-8-10-25(11-9-17)16-18-6-4-3-5-7-18;/h3-7,14-15,17,20H,8-13,16H2,1-2H3;1H4. The van der Waals surface area contributed by atoms with Gasteiger partial charge in [-0.25, -0.2) is 0 Å². The third kappa shape index (κ3) is 4.64. The molecule has 2 aromatic carbocycles. The summed E-state index contributed by atoms with van der Waals surface area (Å²) >= 11 is 0. The largest absolute Gasteiger partial charge is 0.493 e. The van der Waals surface area contributed by atoms with Crippen LogP contribution in [-0.4, -0.2) is 38.0 Å². The van der Waals surface area contributed by atoms with Gasteiger partial charge in [0.2, 0.25) is 0 Å². The second kappa shape index (κ2) is 9.45. The van der Waals surface area contributed by atoms with E-state index in [9.17, 15) is 4.79 Å². The molecule has 1 atom stereocenters. The van der Waals surface area contributed by atoms with Crippen LogP contribution in [0.1, 0.15) is 48.2 Å². The molecule has 2 aromatic rings. The van der Waals surface area contributed by atoms with E-state index in [1.54, 1.807) is 14.2 Å². The van der Waals surface area contributed by atoms with Crippen molar-refractivity contribution in [3.05, 3.63) is 59.2 Å². The predicted octanol–water partition coefficient (Wildman–Crippen LogP) is 5.00. The topological polar surface area (TPSA) is 38.8 Å². The van der Waals surface area contributed by atoms with Crippen molar-refractivity contribution in [1.82, 2.24) is 4.90 Å². The molecular formula is C25H33NO3. The molecule has 1 heterocycles. The summed E-state index contributed by atoms with van der Waals surface area (Å²) in [7, 11) is 3.26. The highest BCUT2D eigenvalue weighted by Gasteiger charge is 2.34. The summed E-state index contributed by atoms with van der Waals surface area (Å²) < 4.78 is 10.8. The number of hydrogen-bond donors (Lipinski definition) is 0. The molecule has 4 nitrogen and oxygen atoms in total. The van der Waals surface area contributed by atoms with Gasteiger partial charge in [-0.3, -0.25) is 9.69 Å². The van der Waals surface area contributed by atoms with Crippen LogP contribution in [0.5, 0.6) is 11.5 Å². The van der Waals surface area contributed by atoms with E-state index >= 15 is 0 Å². The van der Waals surface area contributed by atoms with Gasteiger partial charge in [-0.05, 0) is 68.0 Å². The number of hydrogen-bond acceptors (Lipinski definition) is 4. The Hall–Kier alpha value is -2.33. The molecule has 2 aliphatic rings. The Bertz CT molecular complexity index is 825. The molecule has 1 unspecified atom stereocenters. The van der Waals surface area contributed by atoms with E-state index in [2.05, 4.69) is 35.2 Å². The zero-order valence-electron chi connectivity index (χ0n) is 16.8. The first-order valence-electron chi connectivity index (χ1n) is 10.2. The first-order chi connectivity index (χ1) is 13.7. The van der Waals surface area contributed by atoms with Gasteiger partial charge in [0.1, 0.15) is 0 Å². The Morgan fingerprint density at radius 2 is 1.66 bits per heavy atom. The number of methoxy groups -OCH3 is 2. The number of fused-ring (bicyclic) bond motifs is 1. The van der Waals surface area contributed by atoms with Crippen molar-refractivity contribution in [2.24, 2.45) is 11.8 Å². The van der Waals surface area contributed by atoms with Crippen molar-refractivity contribution in [1.29, 1.82) is 0 Å². The van der Waals surface area contributed by atoms with Crippen molar-refractivity contribution in [3.63, 3.8) is 0 Å². The molecule has 0 bridgehead atoms. The Morgan fingerprint density at radius 3 is 2.31 bits per heavy atom. The minimum atomic E-state index is 0. The summed E-state index contributed by atoms with van der Waals surface area (Å²) in [6.07, 6.45) is 4.19. The fraction of sp³-hybridized carbons (Fsp3) is 0.480. The van der Waals surface area contributed by atoms with Gasteiger partial charge in [-0.2, -0.15) is 0 Å². The van der Waals surface area contributed by atoms with E-state index in [-0.39, 0.29) is 19.1 Å². The quantitative estimate of drug-likeness (QED) is 0.690. The Morgan fingerprint density at radius 1 is 1.00 bits per heavy atom. The Balaban J connectivity index is 0.00000240. The molecule has 1 aliphatic heterocycles. The summed E-state index contributed by atoms with van der Waals surface area (Å²) in [5.41, 5.74) is 3.31. The number of carbonyl (C=O) groups is 1. The SMILES string of the molecule is C.COc1cc2c(cc1OC)C(=O)C(CC1CCN(Cc3ccccc3)CC1)C2. The average molecular weight is 396 g/mol. The second-order valence-corrected chi connectivity index (χ2v) is 8.07. The van der Waals surface area contributed by atoms with Crippen molar-refractivity contribution in [3.8, 4) is 11.5 Å². The summed E-state index contributed by atoms with van der Waals surface area (Å²) in [4.78, 5) is 15.5. The lowest BCUT2D eigenvalue weighted by Crippen LogP contribution is -2.34. The van der Waals surface area contributed by atoms with E-state index in [1.165, 1.54) is 18.4 Å². The molecule has 1 aliphatic carbocycles. The fourth-order valence-corrected chi connectivity index (χ4v) is 4.71. The predicted molar refractivity (Wildman–Crippen MR) is 117 cm³/mol. The van der Waals surface area contributed by atoms with Crippen LogP contribution in [0.3, 0.4) is 0 Å². The van der Waals surface area contributed by atoms with Gasteiger partial charge in [0, 0.05) is 18.0 Å². The molecule has 0 spiro atoms. The van der Waals surface area contributed by atoms with Crippen LogP contribution in [0.15, 0.2) is 42.5 Å². The minimum Gasteiger partial charge on any atom is -0.493 e. The highest BCUT2D eigenvalue weighted by molar-refractivity contribution is 6.02. The Kier molecular flexibility index (Phi) is 6.96. The molecule has 0 aromatic heterocycles. The molecule has 0 radical (unpaired) electrons. The van der Waals surface area contributed by atoms with Gasteiger partial charge in [-0.1, -0.05) is 37.8 Å². The maximum absolute atomic E-state index is 12.9. The van der Waals surface area contributed by atoms with Crippen LogP contribution >= 0.6 is 0 Å². The lowest BCUT2D eigenvalue weighted by Gasteiger charge is -2.32.